The van der Waals surface area contributed by atoms with Gasteiger partial charge in [-0.25, -0.2) is 0 Å². The normalized spacial score (nSPS) is 23.3. The zero-order valence-electron chi connectivity index (χ0n) is 7.67. The van der Waals surface area contributed by atoms with Gasteiger partial charge in [-0.15, -0.1) is 0 Å². The van der Waals surface area contributed by atoms with Crippen molar-refractivity contribution in [3.05, 3.63) is 10.7 Å². The third kappa shape index (κ3) is 2.56. The molecule has 0 radical (unpaired) electrons. The Morgan fingerprint density at radius 3 is 2.08 bits per heavy atom. The van der Waals surface area contributed by atoms with Crippen LogP contribution in [-0.4, -0.2) is 64.1 Å². The Balaban J connectivity index is 2.79. The van der Waals surface area contributed by atoms with Crippen molar-refractivity contribution >= 4 is 46.4 Å². The van der Waals surface area contributed by atoms with E-state index in [9.17, 15) is 0 Å². The van der Waals surface area contributed by atoms with E-state index in [0.717, 1.165) is 13.1 Å². The second kappa shape index (κ2) is 4.58. The van der Waals surface area contributed by atoms with E-state index < -0.39 is 8.39 Å². The first kappa shape index (κ1) is 11.2. The predicted octanol–water partition coefficient (Wildman–Crippen LogP) is 0.304. The second-order valence-electron chi connectivity index (χ2n) is 2.92. The molecule has 1 aliphatic rings. The summed E-state index contributed by atoms with van der Waals surface area (Å²) in [6, 6.07) is 0. The fourth-order valence-electron chi connectivity index (χ4n) is 0.770. The van der Waals surface area contributed by atoms with Crippen molar-refractivity contribution in [2.75, 3.05) is 28.2 Å². The molecule has 0 bridgehead atoms. The van der Waals surface area contributed by atoms with Gasteiger partial charge in [0.2, 0.25) is 0 Å². The molecular formula is C7H13IN2Se2. The maximum atomic E-state index is 2.65. The first-order valence-corrected chi connectivity index (χ1v) is 14.8. The minimum absolute atomic E-state index is 0.465. The molecule has 0 fully saturated rings. The number of halogens is 1. The third-order valence-electron chi connectivity index (χ3n) is 1.45. The van der Waals surface area contributed by atoms with E-state index in [4.69, 9.17) is 0 Å². The van der Waals surface area contributed by atoms with Crippen LogP contribution in [0, 0.1) is 0 Å². The van der Waals surface area contributed by atoms with Crippen molar-refractivity contribution in [1.82, 2.24) is 9.80 Å². The van der Waals surface area contributed by atoms with Crippen LogP contribution in [-0.2, 0) is 0 Å². The summed E-state index contributed by atoms with van der Waals surface area (Å²) in [5.41, 5.74) is 0. The van der Waals surface area contributed by atoms with Gasteiger partial charge in [-0.2, -0.15) is 0 Å². The van der Waals surface area contributed by atoms with Gasteiger partial charge in [-0.1, -0.05) is 0 Å². The van der Waals surface area contributed by atoms with Gasteiger partial charge in [0.25, 0.3) is 0 Å². The molecule has 0 aromatic rings. The van der Waals surface area contributed by atoms with Crippen LogP contribution < -0.4 is 0 Å². The summed E-state index contributed by atoms with van der Waals surface area (Å²) < 4.78 is 3.13. The van der Waals surface area contributed by atoms with E-state index in [2.05, 4.69) is 64.4 Å². The number of likely N-dealkylation sites (N-methyl/N-ethyl adjacent to an activating group) is 1. The molecule has 0 saturated carbocycles. The van der Waals surface area contributed by atoms with Gasteiger partial charge in [-0.3, -0.25) is 0 Å². The predicted molar refractivity (Wildman–Crippen MR) is 66.0 cm³/mol. The molecule has 0 aromatic carbocycles. The second-order valence-corrected chi connectivity index (χ2v) is 23.0. The summed E-state index contributed by atoms with van der Waals surface area (Å²) in [6.07, 6.45) is 2.37. The van der Waals surface area contributed by atoms with E-state index in [1.165, 1.54) is 0 Å². The van der Waals surface area contributed by atoms with Gasteiger partial charge < -0.3 is 0 Å². The van der Waals surface area contributed by atoms with Gasteiger partial charge in [0.1, 0.15) is 0 Å². The summed E-state index contributed by atoms with van der Waals surface area (Å²) in [5, 5.41) is 0. The van der Waals surface area contributed by atoms with Crippen LogP contribution in [0.5, 0.6) is 0 Å². The van der Waals surface area contributed by atoms with Crippen LogP contribution in [0.15, 0.2) is 10.7 Å². The zero-order valence-corrected chi connectivity index (χ0v) is 13.2. The molecular weight excluding hydrogens is 397 g/mol. The monoisotopic (exact) mass is 412 g/mol. The molecule has 0 N–H and O–H groups in total. The Kier molecular flexibility index (Phi) is 4.28. The average Bonchev–Trinajstić information content (AvgIpc) is 2.30. The first-order valence-electron chi connectivity index (χ1n) is 3.54. The van der Waals surface area contributed by atoms with Gasteiger partial charge in [0.05, 0.1) is 0 Å². The number of nitrogens with zero attached hydrogens (tertiary/aromatic N) is 2. The maximum absolute atomic E-state index is 2.65. The Hall–Kier alpha value is 1.14. The van der Waals surface area contributed by atoms with Crippen molar-refractivity contribution in [1.29, 1.82) is 0 Å². The van der Waals surface area contributed by atoms with Crippen LogP contribution in [0.4, 0.5) is 0 Å². The summed E-state index contributed by atoms with van der Waals surface area (Å²) in [7, 11) is 8.11. The Morgan fingerprint density at radius 1 is 1.25 bits per heavy atom. The molecule has 0 amide bonds. The van der Waals surface area contributed by atoms with E-state index in [0.29, 0.717) is 0 Å². The topological polar surface area (TPSA) is 6.48 Å². The molecule has 0 spiro atoms. The van der Waals surface area contributed by atoms with Crippen LogP contribution >= 0.6 is 20.3 Å². The molecule has 1 heterocycles. The molecule has 12 heavy (non-hydrogen) atoms. The summed E-state index contributed by atoms with van der Waals surface area (Å²) in [6.45, 7) is 0. The Morgan fingerprint density at radius 2 is 1.83 bits per heavy atom. The summed E-state index contributed by atoms with van der Waals surface area (Å²) in [4.78, 5) is 4.53. The zero-order chi connectivity index (χ0) is 9.30. The van der Waals surface area contributed by atoms with E-state index >= 15 is 0 Å². The summed E-state index contributed by atoms with van der Waals surface area (Å²) in [5.74, 6) is 0. The SMILES string of the molecule is CN(C)C1=CC(N(C)C)=[Se](I)[Se]1. The molecule has 70 valence electrons. The molecule has 5 heteroatoms. The van der Waals surface area contributed by atoms with Crippen LogP contribution in [0.2, 0.25) is 0 Å². The fraction of sp³-hybridized carbons (Fsp3) is 0.571. The van der Waals surface area contributed by atoms with Crippen molar-refractivity contribution in [3.63, 3.8) is 0 Å². The Labute approximate surface area is 94.2 Å². The minimum atomic E-state index is -0.465. The van der Waals surface area contributed by atoms with Crippen LogP contribution in [0.25, 0.3) is 0 Å². The van der Waals surface area contributed by atoms with Gasteiger partial charge in [0, 0.05) is 0 Å². The number of rotatable bonds is 2. The third-order valence-corrected chi connectivity index (χ3v) is 17.4. The Bertz CT molecular complexity index is 246. The molecule has 1 atom stereocenters. The molecule has 2 nitrogen and oxygen atoms in total. The molecule has 1 unspecified atom stereocenters. The number of hydrogen-bond donors (Lipinski definition) is 0. The van der Waals surface area contributed by atoms with Gasteiger partial charge >= 0.3 is 95.1 Å². The van der Waals surface area contributed by atoms with Crippen LogP contribution in [0.1, 0.15) is 0 Å². The van der Waals surface area contributed by atoms with E-state index in [-0.39, 0.29) is 0 Å². The quantitative estimate of drug-likeness (QED) is 0.478. The molecule has 1 aliphatic heterocycles. The molecule has 0 aromatic heterocycles. The molecule has 1 rings (SSSR count). The first-order chi connectivity index (χ1) is 5.52. The van der Waals surface area contributed by atoms with Crippen molar-refractivity contribution < 1.29 is 0 Å². The molecule has 0 saturated heterocycles. The standard InChI is InChI=1S/C7H13IN2Se2/c1-9(2)6-5-7(10(3)4)12(8)11-6/h5H,1-4H3. The van der Waals surface area contributed by atoms with Crippen molar-refractivity contribution in [2.24, 2.45) is 0 Å². The van der Waals surface area contributed by atoms with Crippen molar-refractivity contribution in [3.8, 4) is 0 Å². The van der Waals surface area contributed by atoms with Gasteiger partial charge in [0.15, 0.2) is 0 Å². The van der Waals surface area contributed by atoms with Crippen LogP contribution in [0.3, 0.4) is 0 Å². The van der Waals surface area contributed by atoms with Crippen molar-refractivity contribution in [2.45, 2.75) is 0 Å². The van der Waals surface area contributed by atoms with Gasteiger partial charge in [-0.05, 0) is 0 Å². The fourth-order valence-corrected chi connectivity index (χ4v) is 17.9. The van der Waals surface area contributed by atoms with E-state index in [1.54, 1.807) is 9.14 Å². The molecule has 0 aliphatic carbocycles. The average molecular weight is 410 g/mol. The van der Waals surface area contributed by atoms with E-state index in [1.807, 2.05) is 0 Å². The number of hydrogen-bond acceptors (Lipinski definition) is 2. The summed E-state index contributed by atoms with van der Waals surface area (Å²) >= 11 is 3.39.